The molecule has 0 unspecified atom stereocenters. The summed E-state index contributed by atoms with van der Waals surface area (Å²) in [6.45, 7) is 1.51. The Labute approximate surface area is 145 Å². The number of rotatable bonds is 4. The third-order valence-corrected chi connectivity index (χ3v) is 4.51. The smallest absolute Gasteiger partial charge is 0.276 e. The van der Waals surface area contributed by atoms with E-state index in [-0.39, 0.29) is 0 Å². The van der Waals surface area contributed by atoms with Gasteiger partial charge in [0.2, 0.25) is 0 Å². The lowest BCUT2D eigenvalue weighted by Crippen LogP contribution is -2.68. The minimum atomic E-state index is -7.16. The quantitative estimate of drug-likeness (QED) is 0.568. The summed E-state index contributed by atoms with van der Waals surface area (Å²) in [4.78, 5) is 11.4. The zero-order valence-corrected chi connectivity index (χ0v) is 13.7. The van der Waals surface area contributed by atoms with E-state index in [1.54, 1.807) is 0 Å². The van der Waals surface area contributed by atoms with Gasteiger partial charge in [0.15, 0.2) is 0 Å². The van der Waals surface area contributed by atoms with Crippen molar-refractivity contribution in [2.75, 3.05) is 0 Å². The van der Waals surface area contributed by atoms with Crippen LogP contribution in [0, 0.1) is 12.3 Å². The fraction of sp³-hybridized carbons (Fsp3) is 0.417. The van der Waals surface area contributed by atoms with Gasteiger partial charge in [-0.1, -0.05) is 17.7 Å². The number of hydrogen-bond donors (Lipinski definition) is 2. The number of carbonyl (C=O) groups is 1. The molecule has 0 aliphatic rings. The first kappa shape index (κ1) is 23.0. The van der Waals surface area contributed by atoms with E-state index >= 15 is 0 Å². The Balaban J connectivity index is 3.32. The topological polar surface area (TPSA) is 75.3 Å². The van der Waals surface area contributed by atoms with Crippen molar-refractivity contribution in [3.05, 3.63) is 29.8 Å². The Kier molecular flexibility index (Phi) is 5.84. The van der Waals surface area contributed by atoms with Crippen molar-refractivity contribution >= 4 is 15.9 Å². The molecule has 0 radical (unpaired) electrons. The first-order chi connectivity index (χ1) is 11.9. The lowest BCUT2D eigenvalue weighted by atomic mass is 9.84. The van der Waals surface area contributed by atoms with Crippen LogP contribution in [0.3, 0.4) is 0 Å². The summed E-state index contributed by atoms with van der Waals surface area (Å²) in [6.07, 6.45) is -21.5. The van der Waals surface area contributed by atoms with Crippen LogP contribution in [0.2, 0.25) is 0 Å². The number of benzene rings is 1. The van der Waals surface area contributed by atoms with E-state index in [1.165, 1.54) is 19.1 Å². The first-order valence-electron chi connectivity index (χ1n) is 6.47. The largest absolute Gasteiger partial charge is 0.421 e. The molecular formula is C12H9F9N2O3S. The van der Waals surface area contributed by atoms with E-state index < -0.39 is 44.8 Å². The standard InChI is InChI=1S/C12H9F9N2O3S/c1-6-2-4-7(5-3-6)27(25,26)23-22-8(24)9(10(13,14)15,11(16,17)18)12(19,20)21/h2-5,23H,1H3,(H,22,24). The number of hydrogen-bond acceptors (Lipinski definition) is 3. The molecule has 5 nitrogen and oxygen atoms in total. The molecule has 1 amide bonds. The Morgan fingerprint density at radius 3 is 1.52 bits per heavy atom. The Morgan fingerprint density at radius 1 is 0.815 bits per heavy atom. The molecule has 27 heavy (non-hydrogen) atoms. The van der Waals surface area contributed by atoms with Gasteiger partial charge in [-0.15, -0.1) is 4.83 Å². The minimum absolute atomic E-state index is 0.360. The molecule has 2 N–H and O–H groups in total. The Hall–Kier alpha value is -2.03. The summed E-state index contributed by atoms with van der Waals surface area (Å²) >= 11 is 0. The van der Waals surface area contributed by atoms with Gasteiger partial charge < -0.3 is 0 Å². The fourth-order valence-corrected chi connectivity index (χ4v) is 2.69. The SMILES string of the molecule is Cc1ccc(S(=O)(=O)NNC(=O)C(C(F)(F)F)(C(F)(F)F)C(F)(F)F)cc1. The molecular weight excluding hydrogens is 423 g/mol. The van der Waals surface area contributed by atoms with E-state index in [0.717, 1.165) is 17.0 Å². The number of halogens is 9. The van der Waals surface area contributed by atoms with Crippen LogP contribution >= 0.6 is 0 Å². The average molecular weight is 432 g/mol. The summed E-state index contributed by atoms with van der Waals surface area (Å²) in [5.41, 5.74) is -5.97. The van der Waals surface area contributed by atoms with Crippen molar-refractivity contribution in [2.24, 2.45) is 5.41 Å². The summed E-state index contributed by atoms with van der Waals surface area (Å²) < 4.78 is 138. The number of nitrogens with one attached hydrogen (secondary N) is 2. The molecule has 0 saturated heterocycles. The molecule has 0 heterocycles. The molecule has 0 aliphatic carbocycles. The van der Waals surface area contributed by atoms with E-state index in [9.17, 15) is 52.7 Å². The monoisotopic (exact) mass is 432 g/mol. The molecule has 0 bridgehead atoms. The predicted molar refractivity (Wildman–Crippen MR) is 70.2 cm³/mol. The second-order valence-electron chi connectivity index (χ2n) is 5.12. The van der Waals surface area contributed by atoms with Crippen LogP contribution < -0.4 is 10.3 Å². The van der Waals surface area contributed by atoms with Gasteiger partial charge in [0, 0.05) is 0 Å². The van der Waals surface area contributed by atoms with E-state index in [0.29, 0.717) is 11.0 Å². The number of alkyl halides is 9. The second kappa shape index (κ2) is 6.85. The number of sulfonamides is 1. The van der Waals surface area contributed by atoms with Crippen molar-refractivity contribution < 1.29 is 52.7 Å². The predicted octanol–water partition coefficient (Wildman–Crippen LogP) is 2.98. The van der Waals surface area contributed by atoms with Crippen LogP contribution in [0.25, 0.3) is 0 Å². The number of carbonyl (C=O) groups excluding carboxylic acids is 1. The Morgan fingerprint density at radius 2 is 1.19 bits per heavy atom. The van der Waals surface area contributed by atoms with Crippen LogP contribution in [0.1, 0.15) is 5.56 Å². The van der Waals surface area contributed by atoms with Crippen LogP contribution in [0.5, 0.6) is 0 Å². The molecule has 0 aromatic heterocycles. The van der Waals surface area contributed by atoms with Gasteiger partial charge in [-0.05, 0) is 19.1 Å². The summed E-state index contributed by atoms with van der Waals surface area (Å²) in [7, 11) is -4.95. The highest BCUT2D eigenvalue weighted by atomic mass is 32.2. The van der Waals surface area contributed by atoms with Crippen molar-refractivity contribution in [1.82, 2.24) is 10.3 Å². The summed E-state index contributed by atoms with van der Waals surface area (Å²) in [5.74, 6) is -3.70. The summed E-state index contributed by atoms with van der Waals surface area (Å²) in [5, 5.41) is 0. The van der Waals surface area contributed by atoms with Gasteiger partial charge in [-0.25, -0.2) is 8.42 Å². The van der Waals surface area contributed by atoms with Gasteiger partial charge in [0.25, 0.3) is 15.9 Å². The van der Waals surface area contributed by atoms with Gasteiger partial charge in [0.1, 0.15) is 0 Å². The molecule has 1 aromatic rings. The third kappa shape index (κ3) is 4.12. The lowest BCUT2D eigenvalue weighted by Gasteiger charge is -2.36. The zero-order chi connectivity index (χ0) is 21.5. The maximum atomic E-state index is 12.7. The molecule has 0 fully saturated rings. The van der Waals surface area contributed by atoms with Crippen molar-refractivity contribution in [2.45, 2.75) is 30.3 Å². The highest BCUT2D eigenvalue weighted by Gasteiger charge is 2.88. The molecule has 1 rings (SSSR count). The van der Waals surface area contributed by atoms with Crippen molar-refractivity contribution in [1.29, 1.82) is 0 Å². The summed E-state index contributed by atoms with van der Waals surface area (Å²) in [6, 6.07) is 4.08. The third-order valence-electron chi connectivity index (χ3n) is 3.25. The van der Waals surface area contributed by atoms with Crippen LogP contribution in [0.15, 0.2) is 29.2 Å². The molecule has 0 saturated carbocycles. The van der Waals surface area contributed by atoms with E-state index in [1.807, 2.05) is 0 Å². The van der Waals surface area contributed by atoms with Crippen molar-refractivity contribution in [3.63, 3.8) is 0 Å². The highest BCUT2D eigenvalue weighted by Crippen LogP contribution is 2.59. The van der Waals surface area contributed by atoms with Gasteiger partial charge >= 0.3 is 23.9 Å². The first-order valence-corrected chi connectivity index (χ1v) is 7.95. The molecule has 15 heteroatoms. The zero-order valence-electron chi connectivity index (χ0n) is 12.8. The molecule has 1 aromatic carbocycles. The van der Waals surface area contributed by atoms with Gasteiger partial charge in [-0.2, -0.15) is 39.5 Å². The lowest BCUT2D eigenvalue weighted by molar-refractivity contribution is -0.407. The maximum Gasteiger partial charge on any atom is 0.421 e. The van der Waals surface area contributed by atoms with E-state index in [4.69, 9.17) is 0 Å². The minimum Gasteiger partial charge on any atom is -0.276 e. The Bertz CT molecular complexity index is 759. The van der Waals surface area contributed by atoms with Crippen LogP contribution in [-0.2, 0) is 14.8 Å². The fourth-order valence-electron chi connectivity index (χ4n) is 1.85. The van der Waals surface area contributed by atoms with Crippen molar-refractivity contribution in [3.8, 4) is 0 Å². The van der Waals surface area contributed by atoms with Gasteiger partial charge in [-0.3, -0.25) is 10.2 Å². The number of amides is 1. The maximum absolute atomic E-state index is 12.7. The van der Waals surface area contributed by atoms with Crippen LogP contribution in [0.4, 0.5) is 39.5 Å². The highest BCUT2D eigenvalue weighted by molar-refractivity contribution is 7.89. The van der Waals surface area contributed by atoms with Crippen LogP contribution in [-0.4, -0.2) is 32.9 Å². The number of aryl methyl sites for hydroxylation is 1. The molecule has 0 atom stereocenters. The molecule has 0 aliphatic heterocycles. The normalized spacial score (nSPS) is 14.1. The average Bonchev–Trinajstić information content (AvgIpc) is 2.41. The molecule has 0 spiro atoms. The van der Waals surface area contributed by atoms with Gasteiger partial charge in [0.05, 0.1) is 4.90 Å². The van der Waals surface area contributed by atoms with E-state index in [2.05, 4.69) is 0 Å². The second-order valence-corrected chi connectivity index (χ2v) is 6.80. The number of hydrazine groups is 1. The molecule has 154 valence electrons.